The molecule has 1 spiro atoms. The van der Waals surface area contributed by atoms with E-state index in [1.807, 2.05) is 6.92 Å². The number of hydrogen-bond donors (Lipinski definition) is 4. The van der Waals surface area contributed by atoms with Gasteiger partial charge in [-0.25, -0.2) is 0 Å². The first-order valence-electron chi connectivity index (χ1n) is 11.9. The number of esters is 1. The predicted molar refractivity (Wildman–Crippen MR) is 112 cm³/mol. The summed E-state index contributed by atoms with van der Waals surface area (Å²) in [6.07, 6.45) is 6.02. The molecule has 31 heavy (non-hydrogen) atoms. The maximum Gasteiger partial charge on any atom is 0.306 e. The number of ether oxygens (including phenoxy) is 1. The van der Waals surface area contributed by atoms with E-state index < -0.39 is 29.1 Å². The van der Waals surface area contributed by atoms with Crippen LogP contribution >= 0.6 is 0 Å². The van der Waals surface area contributed by atoms with Crippen LogP contribution in [0.25, 0.3) is 0 Å². The Kier molecular flexibility index (Phi) is 5.71. The van der Waals surface area contributed by atoms with E-state index in [9.17, 15) is 24.9 Å². The average Bonchev–Trinajstić information content (AvgIpc) is 3.09. The molecule has 0 aromatic rings. The third kappa shape index (κ3) is 3.34. The maximum atomic E-state index is 11.9. The van der Waals surface area contributed by atoms with E-state index in [-0.39, 0.29) is 48.7 Å². The van der Waals surface area contributed by atoms with Gasteiger partial charge in [-0.3, -0.25) is 9.59 Å². The topological polar surface area (TPSA) is 124 Å². The first-order chi connectivity index (χ1) is 14.5. The predicted octanol–water partition coefficient (Wildman–Crippen LogP) is 2.50. The van der Waals surface area contributed by atoms with Crippen molar-refractivity contribution in [2.75, 3.05) is 13.2 Å². The van der Waals surface area contributed by atoms with Gasteiger partial charge in [0, 0.05) is 5.41 Å². The highest BCUT2D eigenvalue weighted by Gasteiger charge is 2.70. The number of carbonyl (C=O) groups is 2. The number of carboxylic acids is 1. The molecule has 4 fully saturated rings. The molecule has 8 atom stereocenters. The lowest BCUT2D eigenvalue weighted by atomic mass is 9.39. The van der Waals surface area contributed by atoms with Crippen LogP contribution < -0.4 is 0 Å². The van der Waals surface area contributed by atoms with E-state index in [2.05, 4.69) is 6.92 Å². The molecule has 176 valence electrons. The number of hydrogen-bond acceptors (Lipinski definition) is 6. The zero-order chi connectivity index (χ0) is 22.7. The third-order valence-electron chi connectivity index (χ3n) is 10.3. The van der Waals surface area contributed by atoms with Crippen molar-refractivity contribution >= 4 is 11.9 Å². The minimum Gasteiger partial charge on any atom is -0.481 e. The standard InChI is InChI=1S/C24H38O7/c1-21(13-25)17-4-3-15-11-16-12-23(15,22(17,2)8-7-18(21)26)9-10-24(16,30)14-31-20(29)6-5-19(27)28/h15-18,25-26,30H,3-14H2,1-2H3,(H,27,28)/t15?,16-,17+,18-,21+,22+,23?,24+/m1/s1. The van der Waals surface area contributed by atoms with E-state index in [0.29, 0.717) is 18.8 Å². The number of fused-ring (bicyclic) bond motifs is 2. The van der Waals surface area contributed by atoms with Gasteiger partial charge in [-0.05, 0) is 80.0 Å². The van der Waals surface area contributed by atoms with Crippen molar-refractivity contribution in [3.63, 3.8) is 0 Å². The molecule has 0 saturated heterocycles. The summed E-state index contributed by atoms with van der Waals surface area (Å²) in [7, 11) is 0. The monoisotopic (exact) mass is 438 g/mol. The molecule has 7 heteroatoms. The smallest absolute Gasteiger partial charge is 0.306 e. The van der Waals surface area contributed by atoms with Crippen LogP contribution in [0.4, 0.5) is 0 Å². The zero-order valence-electron chi connectivity index (χ0n) is 18.8. The lowest BCUT2D eigenvalue weighted by Gasteiger charge is -2.66. The fraction of sp³-hybridized carbons (Fsp3) is 0.917. The molecule has 2 unspecified atom stereocenters. The number of aliphatic hydroxyl groups excluding tert-OH is 2. The van der Waals surface area contributed by atoms with Crippen molar-refractivity contribution in [1.82, 2.24) is 0 Å². The van der Waals surface area contributed by atoms with Crippen molar-refractivity contribution in [2.24, 2.45) is 34.0 Å². The van der Waals surface area contributed by atoms with Gasteiger partial charge >= 0.3 is 11.9 Å². The van der Waals surface area contributed by atoms with Gasteiger partial charge in [0.1, 0.15) is 12.2 Å². The number of aliphatic carboxylic acids is 1. The molecule has 0 aromatic heterocycles. The maximum absolute atomic E-state index is 11.9. The summed E-state index contributed by atoms with van der Waals surface area (Å²) in [6, 6.07) is 0. The van der Waals surface area contributed by atoms with Crippen molar-refractivity contribution in [3.8, 4) is 0 Å². The summed E-state index contributed by atoms with van der Waals surface area (Å²) in [5, 5.41) is 41.1. The molecule has 4 aliphatic rings. The van der Waals surface area contributed by atoms with Gasteiger partial charge in [0.05, 0.1) is 25.6 Å². The molecule has 4 aliphatic carbocycles. The van der Waals surface area contributed by atoms with Crippen LogP contribution in [0.2, 0.25) is 0 Å². The van der Waals surface area contributed by atoms with Gasteiger partial charge in [0.15, 0.2) is 0 Å². The summed E-state index contributed by atoms with van der Waals surface area (Å²) in [5.41, 5.74) is -1.43. The van der Waals surface area contributed by atoms with Crippen molar-refractivity contribution in [3.05, 3.63) is 0 Å². The van der Waals surface area contributed by atoms with E-state index in [0.717, 1.165) is 38.5 Å². The number of carbonyl (C=O) groups excluding carboxylic acids is 1. The number of rotatable bonds is 6. The highest BCUT2D eigenvalue weighted by molar-refractivity contribution is 5.76. The van der Waals surface area contributed by atoms with Crippen LogP contribution in [-0.4, -0.2) is 57.3 Å². The van der Waals surface area contributed by atoms with Gasteiger partial charge in [-0.2, -0.15) is 0 Å². The molecular formula is C24H38O7. The van der Waals surface area contributed by atoms with Gasteiger partial charge < -0.3 is 25.2 Å². The summed E-state index contributed by atoms with van der Waals surface area (Å²) in [6.45, 7) is 4.34. The molecule has 7 nitrogen and oxygen atoms in total. The molecule has 0 aliphatic heterocycles. The van der Waals surface area contributed by atoms with E-state index >= 15 is 0 Å². The highest BCUT2D eigenvalue weighted by atomic mass is 16.5. The first-order valence-corrected chi connectivity index (χ1v) is 11.9. The Morgan fingerprint density at radius 2 is 1.77 bits per heavy atom. The van der Waals surface area contributed by atoms with Gasteiger partial charge in [0.25, 0.3) is 0 Å². The molecule has 0 heterocycles. The van der Waals surface area contributed by atoms with Gasteiger partial charge in [-0.1, -0.05) is 13.8 Å². The normalized spacial score (nSPS) is 48.5. The molecule has 4 rings (SSSR count). The second kappa shape index (κ2) is 7.70. The Morgan fingerprint density at radius 1 is 1.03 bits per heavy atom. The first kappa shape index (κ1) is 23.0. The number of carboxylic acid groups (broad SMARTS) is 1. The van der Waals surface area contributed by atoms with Crippen LogP contribution in [0.3, 0.4) is 0 Å². The molecule has 0 aromatic carbocycles. The Balaban J connectivity index is 1.51. The second-order valence-electron chi connectivity index (χ2n) is 11.4. The largest absolute Gasteiger partial charge is 0.481 e. The molecular weight excluding hydrogens is 400 g/mol. The Morgan fingerprint density at radius 3 is 2.45 bits per heavy atom. The lowest BCUT2D eigenvalue weighted by Crippen LogP contribution is -2.63. The summed E-state index contributed by atoms with van der Waals surface area (Å²) in [4.78, 5) is 22.6. The van der Waals surface area contributed by atoms with Gasteiger partial charge in [0.2, 0.25) is 0 Å². The minimum absolute atomic E-state index is 0.00513. The van der Waals surface area contributed by atoms with Crippen LogP contribution in [0.15, 0.2) is 0 Å². The molecule has 4 saturated carbocycles. The summed E-state index contributed by atoms with van der Waals surface area (Å²) < 4.78 is 5.31. The summed E-state index contributed by atoms with van der Waals surface area (Å²) >= 11 is 0. The zero-order valence-corrected chi connectivity index (χ0v) is 18.8. The van der Waals surface area contributed by atoms with E-state index in [1.54, 1.807) is 0 Å². The lowest BCUT2D eigenvalue weighted by molar-refractivity contribution is -0.217. The van der Waals surface area contributed by atoms with Crippen molar-refractivity contribution in [2.45, 2.75) is 89.8 Å². The van der Waals surface area contributed by atoms with E-state index in [1.165, 1.54) is 0 Å². The Labute approximate surface area is 184 Å². The minimum atomic E-state index is -1.05. The van der Waals surface area contributed by atoms with E-state index in [4.69, 9.17) is 9.84 Å². The van der Waals surface area contributed by atoms with Crippen molar-refractivity contribution in [1.29, 1.82) is 0 Å². The Hall–Kier alpha value is -1.18. The second-order valence-corrected chi connectivity index (χ2v) is 11.4. The highest BCUT2D eigenvalue weighted by Crippen LogP contribution is 2.75. The fourth-order valence-electron chi connectivity index (χ4n) is 8.40. The fourth-order valence-corrected chi connectivity index (χ4v) is 8.40. The number of aliphatic hydroxyl groups is 3. The summed E-state index contributed by atoms with van der Waals surface area (Å²) in [5.74, 6) is -0.789. The quantitative estimate of drug-likeness (QED) is 0.470. The SMILES string of the molecule is C[C@@]1(CO)[C@H](O)CC[C@@]2(C)[C@H]1CCC1C[C@@H]3CC12CC[C@]3(O)COC(=O)CCC(=O)O. The van der Waals surface area contributed by atoms with Crippen LogP contribution in [0, 0.1) is 34.0 Å². The Bertz CT molecular complexity index is 739. The average molecular weight is 439 g/mol. The molecule has 4 N–H and O–H groups in total. The van der Waals surface area contributed by atoms with Gasteiger partial charge in [-0.15, -0.1) is 0 Å². The van der Waals surface area contributed by atoms with Crippen LogP contribution in [-0.2, 0) is 14.3 Å². The molecule has 0 radical (unpaired) electrons. The molecule has 0 amide bonds. The van der Waals surface area contributed by atoms with Crippen LogP contribution in [0.5, 0.6) is 0 Å². The van der Waals surface area contributed by atoms with Crippen LogP contribution in [0.1, 0.15) is 78.1 Å². The molecule has 2 bridgehead atoms. The van der Waals surface area contributed by atoms with Crippen molar-refractivity contribution < 1.29 is 34.8 Å². The third-order valence-corrected chi connectivity index (χ3v) is 10.3.